The van der Waals surface area contributed by atoms with Gasteiger partial charge < -0.3 is 13.9 Å². The summed E-state index contributed by atoms with van der Waals surface area (Å²) in [6.45, 7) is 15.8. The molecule has 0 spiro atoms. The van der Waals surface area contributed by atoms with E-state index in [2.05, 4.69) is 59.2 Å². The number of hydrogen-bond acceptors (Lipinski definition) is 3. The van der Waals surface area contributed by atoms with Crippen LogP contribution < -0.4 is 5.59 Å². The molecule has 0 saturated carbocycles. The van der Waals surface area contributed by atoms with Gasteiger partial charge in [0.25, 0.3) is 0 Å². The summed E-state index contributed by atoms with van der Waals surface area (Å²) in [5, 5.41) is 0. The molecule has 2 heterocycles. The fraction of sp³-hybridized carbons (Fsp3) is 0.800. The molecule has 0 N–H and O–H groups in total. The van der Waals surface area contributed by atoms with Crippen molar-refractivity contribution in [2.75, 3.05) is 0 Å². The van der Waals surface area contributed by atoms with Gasteiger partial charge in [0.2, 0.25) is 0 Å². The van der Waals surface area contributed by atoms with E-state index in [9.17, 15) is 0 Å². The van der Waals surface area contributed by atoms with Crippen LogP contribution in [0.25, 0.3) is 0 Å². The highest BCUT2D eigenvalue weighted by Gasteiger charge is 2.52. The zero-order valence-corrected chi connectivity index (χ0v) is 13.9. The van der Waals surface area contributed by atoms with Gasteiger partial charge in [-0.2, -0.15) is 0 Å². The summed E-state index contributed by atoms with van der Waals surface area (Å²) in [6, 6.07) is 0. The van der Waals surface area contributed by atoms with E-state index in [1.807, 2.05) is 0 Å². The smallest absolute Gasteiger partial charge is 0.398 e. The summed E-state index contributed by atoms with van der Waals surface area (Å²) in [5.74, 6) is 1.51. The Labute approximate surface area is 123 Å². The lowest BCUT2D eigenvalue weighted by atomic mass is 9.86. The van der Waals surface area contributed by atoms with Gasteiger partial charge in [-0.05, 0) is 34.1 Å². The monoisotopic (exact) mass is 278 g/mol. The Morgan fingerprint density at radius 3 is 2.20 bits per heavy atom. The topological polar surface area (TPSA) is 36.3 Å². The third-order valence-corrected chi connectivity index (χ3v) is 4.30. The molecule has 1 saturated heterocycles. The van der Waals surface area contributed by atoms with Crippen LogP contribution in [0.3, 0.4) is 0 Å². The first-order valence-electron chi connectivity index (χ1n) is 7.60. The van der Waals surface area contributed by atoms with E-state index in [-0.39, 0.29) is 18.3 Å². The van der Waals surface area contributed by atoms with Crippen molar-refractivity contribution < 1.29 is 9.31 Å². The summed E-state index contributed by atoms with van der Waals surface area (Å²) in [7, 11) is -0.365. The fourth-order valence-corrected chi connectivity index (χ4v) is 2.41. The first kappa shape index (κ1) is 15.6. The van der Waals surface area contributed by atoms with Crippen molar-refractivity contribution in [3.8, 4) is 0 Å². The van der Waals surface area contributed by atoms with E-state index in [0.29, 0.717) is 5.92 Å². The molecule has 1 aliphatic rings. The van der Waals surface area contributed by atoms with Crippen molar-refractivity contribution >= 4 is 12.7 Å². The molecule has 2 rings (SSSR count). The molecule has 5 heteroatoms. The molecule has 0 bridgehead atoms. The van der Waals surface area contributed by atoms with Crippen molar-refractivity contribution in [2.24, 2.45) is 0 Å². The second-order valence-corrected chi connectivity index (χ2v) is 6.96. The van der Waals surface area contributed by atoms with E-state index in [1.165, 1.54) is 0 Å². The molecule has 0 aliphatic carbocycles. The lowest BCUT2D eigenvalue weighted by Gasteiger charge is -2.32. The average Bonchev–Trinajstić information content (AvgIpc) is 2.80. The molecule has 1 aromatic heterocycles. The Morgan fingerprint density at radius 2 is 1.75 bits per heavy atom. The molecule has 0 amide bonds. The largest absolute Gasteiger partial charge is 0.516 e. The van der Waals surface area contributed by atoms with E-state index in [0.717, 1.165) is 24.4 Å². The number of imidazole rings is 1. The molecule has 20 heavy (non-hydrogen) atoms. The van der Waals surface area contributed by atoms with Gasteiger partial charge in [-0.1, -0.05) is 20.8 Å². The zero-order valence-electron chi connectivity index (χ0n) is 13.9. The molecule has 0 atom stereocenters. The molecular formula is C15H27BN2O2. The van der Waals surface area contributed by atoms with E-state index < -0.39 is 0 Å². The highest BCUT2D eigenvalue weighted by molar-refractivity contribution is 6.61. The summed E-state index contributed by atoms with van der Waals surface area (Å²) >= 11 is 0. The molecule has 0 unspecified atom stereocenters. The van der Waals surface area contributed by atoms with Gasteiger partial charge in [0, 0.05) is 18.7 Å². The van der Waals surface area contributed by atoms with Crippen LogP contribution in [-0.2, 0) is 15.9 Å². The van der Waals surface area contributed by atoms with Crippen LogP contribution in [0.15, 0.2) is 6.20 Å². The van der Waals surface area contributed by atoms with Gasteiger partial charge in [0.1, 0.15) is 5.82 Å². The van der Waals surface area contributed by atoms with Gasteiger partial charge in [-0.15, -0.1) is 0 Å². The molecule has 0 radical (unpaired) electrons. The normalized spacial score (nSPS) is 20.9. The maximum Gasteiger partial charge on any atom is 0.516 e. The van der Waals surface area contributed by atoms with Crippen LogP contribution in [0.2, 0.25) is 0 Å². The van der Waals surface area contributed by atoms with E-state index in [4.69, 9.17) is 14.3 Å². The fourth-order valence-electron chi connectivity index (χ4n) is 2.41. The van der Waals surface area contributed by atoms with Crippen molar-refractivity contribution in [1.29, 1.82) is 0 Å². The third-order valence-electron chi connectivity index (χ3n) is 4.30. The lowest BCUT2D eigenvalue weighted by molar-refractivity contribution is 0.00578. The highest BCUT2D eigenvalue weighted by atomic mass is 16.7. The average molecular weight is 278 g/mol. The number of nitrogens with zero attached hydrogens (tertiary/aromatic N) is 2. The summed E-state index contributed by atoms with van der Waals surface area (Å²) in [4.78, 5) is 4.75. The first-order chi connectivity index (χ1) is 9.18. The first-order valence-corrected chi connectivity index (χ1v) is 7.60. The predicted octanol–water partition coefficient (Wildman–Crippen LogP) is 2.72. The molecule has 4 nitrogen and oxygen atoms in total. The SMILES string of the molecule is CCCn1cc(B2OC(C)(C)C(C)(C)O2)nc1C(C)C. The standard InChI is InChI=1S/C15H27BN2O2/c1-8-9-18-10-12(17-13(18)11(2)3)16-19-14(4,5)15(6,7)20-16/h10-11H,8-9H2,1-7H3. The second kappa shape index (κ2) is 5.19. The number of aromatic nitrogens is 2. The van der Waals surface area contributed by atoms with Gasteiger partial charge in [-0.3, -0.25) is 0 Å². The Morgan fingerprint density at radius 1 is 1.20 bits per heavy atom. The molecule has 1 aliphatic heterocycles. The van der Waals surface area contributed by atoms with Crippen LogP contribution in [0.1, 0.15) is 66.6 Å². The lowest BCUT2D eigenvalue weighted by Crippen LogP contribution is -2.41. The van der Waals surface area contributed by atoms with Crippen LogP contribution in [0.4, 0.5) is 0 Å². The van der Waals surface area contributed by atoms with Gasteiger partial charge in [0.15, 0.2) is 0 Å². The molecular weight excluding hydrogens is 251 g/mol. The molecule has 1 aromatic rings. The van der Waals surface area contributed by atoms with Crippen molar-refractivity contribution in [3.05, 3.63) is 12.0 Å². The quantitative estimate of drug-likeness (QED) is 0.794. The van der Waals surface area contributed by atoms with Crippen LogP contribution in [0, 0.1) is 0 Å². The highest BCUT2D eigenvalue weighted by Crippen LogP contribution is 2.36. The van der Waals surface area contributed by atoms with Gasteiger partial charge >= 0.3 is 7.12 Å². The van der Waals surface area contributed by atoms with Crippen LogP contribution in [-0.4, -0.2) is 27.9 Å². The minimum absolute atomic E-state index is 0.315. The summed E-state index contributed by atoms with van der Waals surface area (Å²) < 4.78 is 14.4. The predicted molar refractivity (Wildman–Crippen MR) is 82.3 cm³/mol. The molecule has 1 fully saturated rings. The minimum atomic E-state index is -0.365. The Bertz CT molecular complexity index is 464. The Balaban J connectivity index is 2.29. The Kier molecular flexibility index (Phi) is 4.04. The van der Waals surface area contributed by atoms with Gasteiger partial charge in [-0.25, -0.2) is 4.98 Å². The maximum atomic E-state index is 6.08. The summed E-state index contributed by atoms with van der Waals surface area (Å²) in [6.07, 6.45) is 3.18. The maximum absolute atomic E-state index is 6.08. The van der Waals surface area contributed by atoms with Crippen LogP contribution in [0.5, 0.6) is 0 Å². The van der Waals surface area contributed by atoms with Crippen LogP contribution >= 0.6 is 0 Å². The number of aryl methyl sites for hydroxylation is 1. The Hall–Kier alpha value is -0.805. The van der Waals surface area contributed by atoms with Crippen molar-refractivity contribution in [3.63, 3.8) is 0 Å². The number of rotatable bonds is 4. The van der Waals surface area contributed by atoms with E-state index >= 15 is 0 Å². The second-order valence-electron chi connectivity index (χ2n) is 6.96. The summed E-state index contributed by atoms with van der Waals surface area (Å²) in [5.41, 5.74) is 0.259. The zero-order chi connectivity index (χ0) is 15.1. The minimum Gasteiger partial charge on any atom is -0.398 e. The van der Waals surface area contributed by atoms with Gasteiger partial charge in [0.05, 0.1) is 16.8 Å². The number of hydrogen-bond donors (Lipinski definition) is 0. The van der Waals surface area contributed by atoms with Crippen molar-refractivity contribution in [1.82, 2.24) is 9.55 Å². The van der Waals surface area contributed by atoms with Crippen molar-refractivity contribution in [2.45, 2.75) is 78.6 Å². The molecule has 0 aromatic carbocycles. The third kappa shape index (κ3) is 2.66. The van der Waals surface area contributed by atoms with E-state index in [1.54, 1.807) is 0 Å². The molecule has 112 valence electrons.